The molecule has 2 bridgehead atoms. The first-order valence-electron chi connectivity index (χ1n) is 16.3. The van der Waals surface area contributed by atoms with Crippen molar-refractivity contribution < 1.29 is 31.8 Å². The van der Waals surface area contributed by atoms with Crippen LogP contribution in [-0.2, 0) is 0 Å². The van der Waals surface area contributed by atoms with E-state index in [9.17, 15) is 22.7 Å². The fraction of sp³-hybridized carbons (Fsp3) is 0.444. The standard InChI is InChI=1S/C36H32F5N5O2/c1-2-24-28(38)8-3-19-9-23(47)10-27(29(19)24)25-6-7-26-31(30(25)39)43-33(44-32(26)45-13-21-4-5-22(14-45)42-21)48-18-35-11-20(37)12-46(35)17-34(15-35)16-36(34,40)41/h1,3,6-10,20-22,42,47H,4-5,11-18H2/t20-,21?,22?,34-,35+/m1/s1. The second-order valence-electron chi connectivity index (χ2n) is 14.4. The second-order valence-corrected chi connectivity index (χ2v) is 14.4. The molecule has 0 radical (unpaired) electrons. The zero-order chi connectivity index (χ0) is 33.2. The number of benzene rings is 3. The summed E-state index contributed by atoms with van der Waals surface area (Å²) in [5.74, 6) is -1.51. The Labute approximate surface area is 273 Å². The van der Waals surface area contributed by atoms with E-state index in [1.165, 1.54) is 24.3 Å². The topological polar surface area (TPSA) is 73.8 Å². The van der Waals surface area contributed by atoms with Crippen LogP contribution < -0.4 is 15.0 Å². The van der Waals surface area contributed by atoms with Gasteiger partial charge in [-0.25, -0.2) is 22.0 Å². The number of piperazine rings is 1. The highest BCUT2D eigenvalue weighted by molar-refractivity contribution is 6.04. The molecule has 5 fully saturated rings. The van der Waals surface area contributed by atoms with Gasteiger partial charge in [0.15, 0.2) is 5.82 Å². The minimum absolute atomic E-state index is 0.0380. The van der Waals surface area contributed by atoms with E-state index in [1.807, 2.05) is 0 Å². The number of halogens is 5. The molecule has 12 heteroatoms. The number of nitrogens with zero attached hydrogens (tertiary/aromatic N) is 4. The van der Waals surface area contributed by atoms with Gasteiger partial charge in [-0.2, -0.15) is 9.97 Å². The molecule has 7 nitrogen and oxygen atoms in total. The predicted molar refractivity (Wildman–Crippen MR) is 170 cm³/mol. The molecule has 248 valence electrons. The van der Waals surface area contributed by atoms with Crippen LogP contribution in [0.15, 0.2) is 36.4 Å². The minimum atomic E-state index is -2.79. The van der Waals surface area contributed by atoms with Crippen molar-refractivity contribution in [3.8, 4) is 35.2 Å². The number of terminal acetylenes is 1. The molecule has 1 aromatic heterocycles. The third kappa shape index (κ3) is 4.39. The summed E-state index contributed by atoms with van der Waals surface area (Å²) in [6.07, 6.45) is 6.45. The van der Waals surface area contributed by atoms with Gasteiger partial charge in [-0.1, -0.05) is 18.1 Å². The molecule has 5 atom stereocenters. The summed E-state index contributed by atoms with van der Waals surface area (Å²) in [4.78, 5) is 13.1. The summed E-state index contributed by atoms with van der Waals surface area (Å²) in [5, 5.41) is 15.3. The Morgan fingerprint density at radius 2 is 1.79 bits per heavy atom. The lowest BCUT2D eigenvalue weighted by Gasteiger charge is -2.34. The van der Waals surface area contributed by atoms with Crippen molar-refractivity contribution in [1.29, 1.82) is 0 Å². The van der Waals surface area contributed by atoms with Crippen molar-refractivity contribution in [2.24, 2.45) is 5.41 Å². The van der Waals surface area contributed by atoms with Crippen LogP contribution in [0.1, 0.15) is 37.7 Å². The zero-order valence-corrected chi connectivity index (χ0v) is 25.9. The van der Waals surface area contributed by atoms with E-state index < -0.39 is 34.7 Å². The predicted octanol–water partition coefficient (Wildman–Crippen LogP) is 5.95. The maximum absolute atomic E-state index is 16.9. The Bertz CT molecular complexity index is 2060. The van der Waals surface area contributed by atoms with Crippen LogP contribution in [0, 0.1) is 29.4 Å². The molecule has 4 aromatic rings. The molecule has 48 heavy (non-hydrogen) atoms. The van der Waals surface area contributed by atoms with Crippen LogP contribution in [-0.4, -0.2) is 82.5 Å². The number of alkyl halides is 3. The minimum Gasteiger partial charge on any atom is -0.508 e. The molecule has 4 aliphatic heterocycles. The number of fused-ring (bicyclic) bond motifs is 5. The van der Waals surface area contributed by atoms with Gasteiger partial charge >= 0.3 is 6.01 Å². The number of rotatable bonds is 5. The molecule has 1 spiro atoms. The van der Waals surface area contributed by atoms with Gasteiger partial charge in [-0.05, 0) is 54.5 Å². The van der Waals surface area contributed by atoms with Crippen molar-refractivity contribution in [2.45, 2.75) is 61.8 Å². The molecule has 1 saturated carbocycles. The first-order chi connectivity index (χ1) is 23.0. The first kappa shape index (κ1) is 29.9. The van der Waals surface area contributed by atoms with Crippen LogP contribution >= 0.6 is 0 Å². The largest absolute Gasteiger partial charge is 0.508 e. The number of anilines is 1. The molecule has 0 amide bonds. The number of aromatic nitrogens is 2. The summed E-state index contributed by atoms with van der Waals surface area (Å²) < 4.78 is 81.6. The summed E-state index contributed by atoms with van der Waals surface area (Å²) in [7, 11) is 0. The Morgan fingerprint density at radius 1 is 1.02 bits per heavy atom. The molecule has 5 heterocycles. The fourth-order valence-electron chi connectivity index (χ4n) is 9.04. The SMILES string of the molecule is C#Cc1c(F)ccc2cc(O)cc(-c3ccc4c(N5CC6CCC(C5)N6)nc(OC[C@@]56C[C@@H](F)CN5C[C@]5(CC5(F)F)C6)nc4c3F)c12. The lowest BCUT2D eigenvalue weighted by atomic mass is 9.88. The average Bonchev–Trinajstić information content (AvgIpc) is 3.30. The Balaban J connectivity index is 1.16. The van der Waals surface area contributed by atoms with Gasteiger partial charge in [0, 0.05) is 67.4 Å². The first-order valence-corrected chi connectivity index (χ1v) is 16.3. The van der Waals surface area contributed by atoms with E-state index in [2.05, 4.69) is 21.1 Å². The summed E-state index contributed by atoms with van der Waals surface area (Å²) >= 11 is 0. The summed E-state index contributed by atoms with van der Waals surface area (Å²) in [6.45, 7) is 1.31. The van der Waals surface area contributed by atoms with Gasteiger partial charge < -0.3 is 20.1 Å². The lowest BCUT2D eigenvalue weighted by Crippen LogP contribution is -2.51. The molecule has 9 rings (SSSR count). The maximum Gasteiger partial charge on any atom is 0.319 e. The van der Waals surface area contributed by atoms with E-state index in [-0.39, 0.29) is 90.4 Å². The van der Waals surface area contributed by atoms with Crippen molar-refractivity contribution in [3.05, 3.63) is 53.6 Å². The number of hydrogen-bond acceptors (Lipinski definition) is 7. The van der Waals surface area contributed by atoms with Gasteiger partial charge in [-0.3, -0.25) is 4.90 Å². The molecule has 1 aliphatic carbocycles. The molecule has 5 aliphatic rings. The number of phenolic OH excluding ortho intramolecular Hbond substituents is 1. The van der Waals surface area contributed by atoms with Gasteiger partial charge in [0.05, 0.1) is 16.5 Å². The second kappa shape index (κ2) is 10.2. The normalized spacial score (nSPS) is 30.3. The Kier molecular flexibility index (Phi) is 6.32. The van der Waals surface area contributed by atoms with E-state index in [1.54, 1.807) is 17.0 Å². The summed E-state index contributed by atoms with van der Waals surface area (Å²) in [5.41, 5.74) is -2.01. The van der Waals surface area contributed by atoms with Crippen LogP contribution in [0.4, 0.5) is 27.8 Å². The van der Waals surface area contributed by atoms with Crippen LogP contribution in [0.25, 0.3) is 32.8 Å². The maximum atomic E-state index is 16.9. The molecule has 4 saturated heterocycles. The van der Waals surface area contributed by atoms with E-state index in [4.69, 9.17) is 16.1 Å². The Morgan fingerprint density at radius 3 is 2.52 bits per heavy atom. The van der Waals surface area contributed by atoms with Crippen molar-refractivity contribution in [3.63, 3.8) is 0 Å². The van der Waals surface area contributed by atoms with Gasteiger partial charge in [0.1, 0.15) is 35.7 Å². The van der Waals surface area contributed by atoms with Crippen molar-refractivity contribution in [1.82, 2.24) is 20.2 Å². The highest BCUT2D eigenvalue weighted by Crippen LogP contribution is 2.69. The number of ether oxygens (including phenoxy) is 1. The number of nitrogens with one attached hydrogen (secondary N) is 1. The molecule has 2 N–H and O–H groups in total. The zero-order valence-electron chi connectivity index (χ0n) is 25.9. The van der Waals surface area contributed by atoms with E-state index in [0.29, 0.717) is 29.7 Å². The lowest BCUT2D eigenvalue weighted by molar-refractivity contribution is 0.0634. The molecule has 2 unspecified atom stereocenters. The summed E-state index contributed by atoms with van der Waals surface area (Å²) in [6, 6.07) is 9.02. The van der Waals surface area contributed by atoms with E-state index in [0.717, 1.165) is 12.8 Å². The average molecular weight is 662 g/mol. The highest BCUT2D eigenvalue weighted by atomic mass is 19.3. The third-order valence-corrected chi connectivity index (χ3v) is 11.3. The van der Waals surface area contributed by atoms with Crippen LogP contribution in [0.2, 0.25) is 0 Å². The third-order valence-electron chi connectivity index (χ3n) is 11.3. The van der Waals surface area contributed by atoms with Crippen LogP contribution in [0.5, 0.6) is 11.8 Å². The van der Waals surface area contributed by atoms with Crippen molar-refractivity contribution >= 4 is 27.5 Å². The van der Waals surface area contributed by atoms with Gasteiger partial charge in [-0.15, -0.1) is 6.42 Å². The molecular formula is C36H32F5N5O2. The quantitative estimate of drug-likeness (QED) is 0.203. The monoisotopic (exact) mass is 661 g/mol. The number of aromatic hydroxyl groups is 1. The number of phenols is 1. The van der Waals surface area contributed by atoms with Gasteiger partial charge in [0.2, 0.25) is 0 Å². The number of hydrogen-bond donors (Lipinski definition) is 2. The van der Waals surface area contributed by atoms with Crippen LogP contribution in [0.3, 0.4) is 0 Å². The van der Waals surface area contributed by atoms with Gasteiger partial charge in [0.25, 0.3) is 5.92 Å². The molecule has 3 aromatic carbocycles. The van der Waals surface area contributed by atoms with Crippen molar-refractivity contribution in [2.75, 3.05) is 37.7 Å². The Hall–Kier alpha value is -4.21. The molecular weight excluding hydrogens is 629 g/mol. The van der Waals surface area contributed by atoms with E-state index >= 15 is 4.39 Å². The smallest absolute Gasteiger partial charge is 0.319 e. The highest BCUT2D eigenvalue weighted by Gasteiger charge is 2.77. The fourth-order valence-corrected chi connectivity index (χ4v) is 9.04.